The molecule has 0 amide bonds. The predicted molar refractivity (Wildman–Crippen MR) is 58.5 cm³/mol. The van der Waals surface area contributed by atoms with Gasteiger partial charge in [0.25, 0.3) is 0 Å². The molecule has 0 saturated heterocycles. The van der Waals surface area contributed by atoms with E-state index in [1.165, 1.54) is 4.70 Å². The number of thiophene rings is 1. The molecule has 0 aliphatic heterocycles. The molecule has 1 N–H and O–H groups in total. The molecule has 2 rings (SSSR count). The van der Waals surface area contributed by atoms with Crippen LogP contribution in [0, 0.1) is 0 Å². The summed E-state index contributed by atoms with van der Waals surface area (Å²) >= 11 is 1.62. The highest BCUT2D eigenvalue weighted by Crippen LogP contribution is 2.26. The second-order valence-corrected chi connectivity index (χ2v) is 3.77. The van der Waals surface area contributed by atoms with Crippen LogP contribution in [0.1, 0.15) is 5.56 Å². The van der Waals surface area contributed by atoms with Gasteiger partial charge in [-0.15, -0.1) is 11.3 Å². The maximum absolute atomic E-state index is 10.3. The van der Waals surface area contributed by atoms with Crippen molar-refractivity contribution in [1.82, 2.24) is 0 Å². The zero-order chi connectivity index (χ0) is 9.97. The number of hydrogen-bond donors (Lipinski definition) is 1. The van der Waals surface area contributed by atoms with E-state index < -0.39 is 5.97 Å². The number of aliphatic carboxylic acids is 1. The summed E-state index contributed by atoms with van der Waals surface area (Å²) in [7, 11) is 0. The second-order valence-electron chi connectivity index (χ2n) is 2.86. The predicted octanol–water partition coefficient (Wildman–Crippen LogP) is 3.00. The number of benzene rings is 1. The van der Waals surface area contributed by atoms with Gasteiger partial charge >= 0.3 is 5.97 Å². The summed E-state index contributed by atoms with van der Waals surface area (Å²) in [5.74, 6) is -0.916. The smallest absolute Gasteiger partial charge is 0.328 e. The maximum Gasteiger partial charge on any atom is 0.328 e. The molecule has 0 spiro atoms. The van der Waals surface area contributed by atoms with Crippen LogP contribution >= 0.6 is 11.3 Å². The maximum atomic E-state index is 10.3. The Balaban J connectivity index is 2.48. The van der Waals surface area contributed by atoms with Crippen LogP contribution in [0.3, 0.4) is 0 Å². The van der Waals surface area contributed by atoms with E-state index in [4.69, 9.17) is 5.11 Å². The van der Waals surface area contributed by atoms with Crippen molar-refractivity contribution in [3.8, 4) is 0 Å². The summed E-state index contributed by atoms with van der Waals surface area (Å²) in [6.07, 6.45) is 2.79. The third-order valence-corrected chi connectivity index (χ3v) is 2.90. The van der Waals surface area contributed by atoms with Crippen LogP contribution < -0.4 is 0 Å². The molecule has 2 aromatic rings. The summed E-state index contributed by atoms with van der Waals surface area (Å²) < 4.78 is 1.18. The second kappa shape index (κ2) is 3.64. The van der Waals surface area contributed by atoms with Crippen LogP contribution in [0.2, 0.25) is 0 Å². The first-order valence-electron chi connectivity index (χ1n) is 4.14. The SMILES string of the molecule is O=C(O)C=Cc1csc2ccccc12. The van der Waals surface area contributed by atoms with Crippen LogP contribution in [-0.2, 0) is 4.79 Å². The Morgan fingerprint density at radius 2 is 2.14 bits per heavy atom. The molecule has 0 aliphatic carbocycles. The molecule has 0 bridgehead atoms. The van der Waals surface area contributed by atoms with E-state index in [0.717, 1.165) is 17.0 Å². The monoisotopic (exact) mass is 204 g/mol. The molecule has 0 atom stereocenters. The number of carbonyl (C=O) groups is 1. The molecule has 0 aliphatic rings. The first-order valence-corrected chi connectivity index (χ1v) is 5.02. The minimum absolute atomic E-state index is 0.916. The van der Waals surface area contributed by atoms with Gasteiger partial charge in [0.1, 0.15) is 0 Å². The van der Waals surface area contributed by atoms with Crippen molar-refractivity contribution in [2.45, 2.75) is 0 Å². The summed E-state index contributed by atoms with van der Waals surface area (Å²) in [6.45, 7) is 0. The van der Waals surface area contributed by atoms with E-state index in [1.54, 1.807) is 17.4 Å². The Morgan fingerprint density at radius 1 is 1.36 bits per heavy atom. The van der Waals surface area contributed by atoms with Crippen molar-refractivity contribution in [1.29, 1.82) is 0 Å². The highest BCUT2D eigenvalue weighted by atomic mass is 32.1. The van der Waals surface area contributed by atoms with Gasteiger partial charge in [0.15, 0.2) is 0 Å². The molecule has 0 fully saturated rings. The van der Waals surface area contributed by atoms with Gasteiger partial charge in [-0.2, -0.15) is 0 Å². The van der Waals surface area contributed by atoms with E-state index >= 15 is 0 Å². The average molecular weight is 204 g/mol. The lowest BCUT2D eigenvalue weighted by Crippen LogP contribution is -1.84. The van der Waals surface area contributed by atoms with E-state index in [0.29, 0.717) is 0 Å². The molecule has 1 heterocycles. The lowest BCUT2D eigenvalue weighted by molar-refractivity contribution is -0.131. The molecule has 0 saturated carbocycles. The van der Waals surface area contributed by atoms with Crippen molar-refractivity contribution >= 4 is 33.5 Å². The number of fused-ring (bicyclic) bond motifs is 1. The van der Waals surface area contributed by atoms with Crippen molar-refractivity contribution in [3.05, 3.63) is 41.3 Å². The molecule has 0 radical (unpaired) electrons. The fourth-order valence-corrected chi connectivity index (χ4v) is 2.22. The molecule has 0 unspecified atom stereocenters. The van der Waals surface area contributed by atoms with E-state index in [2.05, 4.69) is 0 Å². The molecule has 1 aromatic carbocycles. The molecule has 1 aromatic heterocycles. The third-order valence-electron chi connectivity index (χ3n) is 1.92. The van der Waals surface area contributed by atoms with E-state index in [-0.39, 0.29) is 0 Å². The van der Waals surface area contributed by atoms with E-state index in [1.807, 2.05) is 29.6 Å². The Hall–Kier alpha value is -1.61. The third kappa shape index (κ3) is 1.67. The number of carboxylic acids is 1. The average Bonchev–Trinajstić information content (AvgIpc) is 2.58. The zero-order valence-electron chi connectivity index (χ0n) is 7.31. The van der Waals surface area contributed by atoms with Gasteiger partial charge in [-0.1, -0.05) is 18.2 Å². The number of rotatable bonds is 2. The number of hydrogen-bond acceptors (Lipinski definition) is 2. The first-order chi connectivity index (χ1) is 6.77. The summed E-state index contributed by atoms with van der Waals surface area (Å²) in [5.41, 5.74) is 0.966. The van der Waals surface area contributed by atoms with Crippen molar-refractivity contribution < 1.29 is 9.90 Å². The quantitative estimate of drug-likeness (QED) is 0.763. The first kappa shape index (κ1) is 8.97. The minimum Gasteiger partial charge on any atom is -0.478 e. The standard InChI is InChI=1S/C11H8O2S/c12-11(13)6-5-8-7-14-10-4-2-1-3-9(8)10/h1-7H,(H,12,13). The Kier molecular flexibility index (Phi) is 2.33. The van der Waals surface area contributed by atoms with Gasteiger partial charge in [-0.05, 0) is 28.5 Å². The zero-order valence-corrected chi connectivity index (χ0v) is 8.12. The van der Waals surface area contributed by atoms with E-state index in [9.17, 15) is 4.79 Å². The van der Waals surface area contributed by atoms with Gasteiger partial charge in [-0.25, -0.2) is 4.79 Å². The van der Waals surface area contributed by atoms with Gasteiger partial charge < -0.3 is 5.11 Å². The normalized spacial score (nSPS) is 11.1. The van der Waals surface area contributed by atoms with Crippen LogP contribution in [0.5, 0.6) is 0 Å². The van der Waals surface area contributed by atoms with Crippen LogP contribution in [0.4, 0.5) is 0 Å². The summed E-state index contributed by atoms with van der Waals surface area (Å²) in [6, 6.07) is 7.95. The highest BCUT2D eigenvalue weighted by Gasteiger charge is 1.99. The molecule has 2 nitrogen and oxygen atoms in total. The van der Waals surface area contributed by atoms with Gasteiger partial charge in [0, 0.05) is 10.8 Å². The fourth-order valence-electron chi connectivity index (χ4n) is 1.29. The number of carboxylic acid groups (broad SMARTS) is 1. The Morgan fingerprint density at radius 3 is 2.93 bits per heavy atom. The van der Waals surface area contributed by atoms with Crippen LogP contribution in [-0.4, -0.2) is 11.1 Å². The molecule has 14 heavy (non-hydrogen) atoms. The molecule has 3 heteroatoms. The van der Waals surface area contributed by atoms with Crippen LogP contribution in [0.25, 0.3) is 16.2 Å². The molecule has 70 valence electrons. The van der Waals surface area contributed by atoms with Crippen LogP contribution in [0.15, 0.2) is 35.7 Å². The van der Waals surface area contributed by atoms with Gasteiger partial charge in [0.05, 0.1) is 0 Å². The lowest BCUT2D eigenvalue weighted by atomic mass is 10.2. The largest absolute Gasteiger partial charge is 0.478 e. The fraction of sp³-hybridized carbons (Fsp3) is 0. The summed E-state index contributed by atoms with van der Waals surface area (Å²) in [5, 5.41) is 11.6. The Bertz CT molecular complexity index is 497. The molecular formula is C11H8O2S. The van der Waals surface area contributed by atoms with Crippen molar-refractivity contribution in [2.24, 2.45) is 0 Å². The Labute approximate surface area is 85.1 Å². The topological polar surface area (TPSA) is 37.3 Å². The minimum atomic E-state index is -0.916. The highest BCUT2D eigenvalue weighted by molar-refractivity contribution is 7.17. The summed E-state index contributed by atoms with van der Waals surface area (Å²) in [4.78, 5) is 10.3. The van der Waals surface area contributed by atoms with Crippen molar-refractivity contribution in [3.63, 3.8) is 0 Å². The van der Waals surface area contributed by atoms with Gasteiger partial charge in [-0.3, -0.25) is 0 Å². The lowest BCUT2D eigenvalue weighted by Gasteiger charge is -1.89. The van der Waals surface area contributed by atoms with Gasteiger partial charge in [0.2, 0.25) is 0 Å². The van der Waals surface area contributed by atoms with Crippen molar-refractivity contribution in [2.75, 3.05) is 0 Å². The molecular weight excluding hydrogens is 196 g/mol.